The van der Waals surface area contributed by atoms with Crippen molar-refractivity contribution in [2.45, 2.75) is 11.3 Å². The molecule has 0 unspecified atom stereocenters. The first-order valence-electron chi connectivity index (χ1n) is 10.2. The zero-order valence-electron chi connectivity index (χ0n) is 17.8. The molecule has 1 aliphatic rings. The van der Waals surface area contributed by atoms with E-state index >= 15 is 0 Å². The highest BCUT2D eigenvalue weighted by Gasteiger charge is 2.31. The van der Waals surface area contributed by atoms with E-state index in [9.17, 15) is 18.0 Å². The van der Waals surface area contributed by atoms with Crippen LogP contribution in [0.2, 0.25) is 0 Å². The minimum Gasteiger partial charge on any atom is -0.406 e. The Kier molecular flexibility index (Phi) is 7.42. The van der Waals surface area contributed by atoms with Gasteiger partial charge in [-0.2, -0.15) is 0 Å². The Morgan fingerprint density at radius 2 is 1.94 bits per heavy atom. The number of amides is 1. The van der Waals surface area contributed by atoms with Crippen LogP contribution in [0.1, 0.15) is 10.4 Å². The van der Waals surface area contributed by atoms with Gasteiger partial charge in [0.25, 0.3) is 5.91 Å². The van der Waals surface area contributed by atoms with E-state index in [0.29, 0.717) is 47.2 Å². The molecule has 1 aliphatic heterocycles. The van der Waals surface area contributed by atoms with Crippen LogP contribution < -0.4 is 9.64 Å². The number of ether oxygens (including phenoxy) is 2. The number of nitrogens with zero attached hydrogens (tertiary/aromatic N) is 3. The molecule has 0 radical (unpaired) electrons. The summed E-state index contributed by atoms with van der Waals surface area (Å²) < 4.78 is 47.7. The molecule has 0 N–H and O–H groups in total. The number of thiazole rings is 1. The number of carbonyl (C=O) groups is 1. The van der Waals surface area contributed by atoms with Crippen molar-refractivity contribution < 1.29 is 27.4 Å². The number of anilines is 1. The normalized spacial score (nSPS) is 15.0. The highest BCUT2D eigenvalue weighted by atomic mass is 32.2. The van der Waals surface area contributed by atoms with Crippen LogP contribution in [-0.2, 0) is 4.74 Å². The SMILES string of the molecule is CSc1ccc(C(=O)N(CCN2CCOCC2)c2nc3ccc(OC(F)(F)F)cc3s2)cc1. The number of rotatable bonds is 7. The van der Waals surface area contributed by atoms with Crippen LogP contribution in [0, 0.1) is 0 Å². The predicted octanol–water partition coefficient (Wildman–Crippen LogP) is 4.90. The van der Waals surface area contributed by atoms with Gasteiger partial charge in [-0.05, 0) is 42.7 Å². The summed E-state index contributed by atoms with van der Waals surface area (Å²) in [4.78, 5) is 22.8. The number of thioether (sulfide) groups is 1. The van der Waals surface area contributed by atoms with Crippen molar-refractivity contribution in [3.05, 3.63) is 48.0 Å². The van der Waals surface area contributed by atoms with Gasteiger partial charge in [-0.15, -0.1) is 24.9 Å². The molecule has 1 aromatic heterocycles. The van der Waals surface area contributed by atoms with E-state index in [1.807, 2.05) is 18.4 Å². The summed E-state index contributed by atoms with van der Waals surface area (Å²) in [5, 5.41) is 0.432. The molecule has 33 heavy (non-hydrogen) atoms. The Bertz CT molecular complexity index is 1100. The highest BCUT2D eigenvalue weighted by molar-refractivity contribution is 7.98. The molecule has 3 aromatic rings. The molecule has 4 rings (SSSR count). The van der Waals surface area contributed by atoms with Gasteiger partial charge < -0.3 is 9.47 Å². The molecule has 11 heteroatoms. The summed E-state index contributed by atoms with van der Waals surface area (Å²) in [6, 6.07) is 11.3. The largest absolute Gasteiger partial charge is 0.573 e. The molecule has 0 aliphatic carbocycles. The molecule has 1 amide bonds. The van der Waals surface area contributed by atoms with Crippen LogP contribution in [0.4, 0.5) is 18.3 Å². The number of morpholine rings is 1. The Morgan fingerprint density at radius 3 is 2.61 bits per heavy atom. The summed E-state index contributed by atoms with van der Waals surface area (Å²) in [5.41, 5.74) is 1.03. The summed E-state index contributed by atoms with van der Waals surface area (Å²) in [7, 11) is 0. The van der Waals surface area contributed by atoms with Crippen molar-refractivity contribution in [3.63, 3.8) is 0 Å². The number of hydrogen-bond acceptors (Lipinski definition) is 7. The molecule has 2 aromatic carbocycles. The van der Waals surface area contributed by atoms with Gasteiger partial charge >= 0.3 is 6.36 Å². The second kappa shape index (κ2) is 10.3. The molecule has 1 fully saturated rings. The molecule has 176 valence electrons. The van der Waals surface area contributed by atoms with Crippen molar-refractivity contribution in [2.75, 3.05) is 50.5 Å². The third kappa shape index (κ3) is 6.17. The Morgan fingerprint density at radius 1 is 1.21 bits per heavy atom. The van der Waals surface area contributed by atoms with Crippen molar-refractivity contribution in [2.24, 2.45) is 0 Å². The fraction of sp³-hybridized carbons (Fsp3) is 0.364. The van der Waals surface area contributed by atoms with Crippen molar-refractivity contribution in [1.29, 1.82) is 0 Å². The highest BCUT2D eigenvalue weighted by Crippen LogP contribution is 2.34. The average Bonchev–Trinajstić information content (AvgIpc) is 3.21. The van der Waals surface area contributed by atoms with Crippen molar-refractivity contribution in [3.8, 4) is 5.75 Å². The van der Waals surface area contributed by atoms with Crippen LogP contribution in [0.3, 0.4) is 0 Å². The number of alkyl halides is 3. The third-order valence-electron chi connectivity index (χ3n) is 5.14. The van der Waals surface area contributed by atoms with E-state index in [4.69, 9.17) is 4.74 Å². The molecule has 1 saturated heterocycles. The Balaban J connectivity index is 1.62. The molecule has 6 nitrogen and oxygen atoms in total. The second-order valence-corrected chi connectivity index (χ2v) is 9.20. The summed E-state index contributed by atoms with van der Waals surface area (Å²) >= 11 is 2.75. The fourth-order valence-electron chi connectivity index (χ4n) is 3.45. The van der Waals surface area contributed by atoms with Gasteiger partial charge in [-0.25, -0.2) is 4.98 Å². The zero-order valence-corrected chi connectivity index (χ0v) is 19.4. The zero-order chi connectivity index (χ0) is 23.4. The maximum atomic E-state index is 13.4. The van der Waals surface area contributed by atoms with Gasteiger partial charge in [-0.1, -0.05) is 11.3 Å². The van der Waals surface area contributed by atoms with Crippen LogP contribution in [0.5, 0.6) is 5.75 Å². The smallest absolute Gasteiger partial charge is 0.406 e. The van der Waals surface area contributed by atoms with Crippen LogP contribution in [0.15, 0.2) is 47.4 Å². The molecule has 0 spiro atoms. The van der Waals surface area contributed by atoms with E-state index in [0.717, 1.165) is 29.3 Å². The number of carbonyl (C=O) groups excluding carboxylic acids is 1. The predicted molar refractivity (Wildman–Crippen MR) is 123 cm³/mol. The van der Waals surface area contributed by atoms with Crippen molar-refractivity contribution in [1.82, 2.24) is 9.88 Å². The first-order valence-corrected chi connectivity index (χ1v) is 12.3. The topological polar surface area (TPSA) is 54.9 Å². The lowest BCUT2D eigenvalue weighted by Crippen LogP contribution is -2.43. The van der Waals surface area contributed by atoms with Gasteiger partial charge in [-0.3, -0.25) is 14.6 Å². The van der Waals surface area contributed by atoms with Gasteiger partial charge in [0.2, 0.25) is 0 Å². The lowest BCUT2D eigenvalue weighted by Gasteiger charge is -2.29. The van der Waals surface area contributed by atoms with Crippen LogP contribution in [0.25, 0.3) is 10.2 Å². The Labute approximate surface area is 197 Å². The van der Waals surface area contributed by atoms with E-state index < -0.39 is 6.36 Å². The number of fused-ring (bicyclic) bond motifs is 1. The van der Waals surface area contributed by atoms with Gasteiger partial charge in [0.05, 0.1) is 23.4 Å². The summed E-state index contributed by atoms with van der Waals surface area (Å²) in [5.74, 6) is -0.522. The summed E-state index contributed by atoms with van der Waals surface area (Å²) in [6.07, 6.45) is -2.81. The first kappa shape index (κ1) is 23.8. The van der Waals surface area contributed by atoms with E-state index in [-0.39, 0.29) is 11.7 Å². The quantitative estimate of drug-likeness (QED) is 0.433. The van der Waals surface area contributed by atoms with E-state index in [1.165, 1.54) is 18.2 Å². The molecule has 0 saturated carbocycles. The first-order chi connectivity index (χ1) is 15.8. The molecule has 0 bridgehead atoms. The summed E-state index contributed by atoms with van der Waals surface area (Å²) in [6.45, 7) is 3.89. The van der Waals surface area contributed by atoms with Gasteiger partial charge in [0, 0.05) is 42.7 Å². The van der Waals surface area contributed by atoms with E-state index in [2.05, 4.69) is 14.6 Å². The number of halogens is 3. The second-order valence-electron chi connectivity index (χ2n) is 7.31. The molecular formula is C22H22F3N3O3S2. The minimum atomic E-state index is -4.77. The molecular weight excluding hydrogens is 475 g/mol. The maximum Gasteiger partial charge on any atom is 0.573 e. The fourth-order valence-corrected chi connectivity index (χ4v) is 4.87. The van der Waals surface area contributed by atoms with Gasteiger partial charge in [0.1, 0.15) is 5.75 Å². The molecule has 0 atom stereocenters. The van der Waals surface area contributed by atoms with E-state index in [1.54, 1.807) is 28.8 Å². The lowest BCUT2D eigenvalue weighted by atomic mass is 10.2. The number of aromatic nitrogens is 1. The van der Waals surface area contributed by atoms with Crippen LogP contribution >= 0.6 is 23.1 Å². The van der Waals surface area contributed by atoms with Crippen LogP contribution in [-0.4, -0.2) is 67.8 Å². The Hall–Kier alpha value is -2.34. The monoisotopic (exact) mass is 497 g/mol. The minimum absolute atomic E-state index is 0.207. The van der Waals surface area contributed by atoms with Crippen molar-refractivity contribution >= 4 is 44.4 Å². The molecule has 2 heterocycles. The maximum absolute atomic E-state index is 13.4. The average molecular weight is 498 g/mol. The van der Waals surface area contributed by atoms with Gasteiger partial charge in [0.15, 0.2) is 5.13 Å². The standard InChI is InChI=1S/C22H22F3N3O3S2/c1-32-17-5-2-15(3-6-17)20(29)28(9-8-27-10-12-30-13-11-27)21-26-18-7-4-16(14-19(18)33-21)31-22(23,24)25/h2-7,14H,8-13H2,1H3. The lowest BCUT2D eigenvalue weighted by molar-refractivity contribution is -0.274. The third-order valence-corrected chi connectivity index (χ3v) is 6.92. The number of hydrogen-bond donors (Lipinski definition) is 0. The number of benzene rings is 2.